The molecule has 0 aliphatic rings. The van der Waals surface area contributed by atoms with Crippen molar-refractivity contribution in [3.63, 3.8) is 0 Å². The molecule has 0 bridgehead atoms. The molecule has 0 aliphatic heterocycles. The first-order chi connectivity index (χ1) is 14.7. The predicted octanol–water partition coefficient (Wildman–Crippen LogP) is 5.84. The minimum Gasteiger partial charge on any atom is -0.316 e. The van der Waals surface area contributed by atoms with Crippen LogP contribution in [0.15, 0.2) is 72.5 Å². The Morgan fingerprint density at radius 2 is 1.83 bits per heavy atom. The van der Waals surface area contributed by atoms with Crippen LogP contribution in [-0.2, 0) is 0 Å². The van der Waals surface area contributed by atoms with Crippen molar-refractivity contribution in [1.29, 1.82) is 0 Å². The molecule has 0 fully saturated rings. The molecular weight excluding hydrogens is 404 g/mol. The molecule has 5 nitrogen and oxygen atoms in total. The minimum atomic E-state index is -0.628. The van der Waals surface area contributed by atoms with Gasteiger partial charge in [-0.25, -0.2) is 23.7 Å². The first-order valence-electron chi connectivity index (χ1n) is 9.01. The summed E-state index contributed by atoms with van der Waals surface area (Å²) >= 11 is 1.44. The van der Waals surface area contributed by atoms with E-state index in [1.807, 2.05) is 17.5 Å². The smallest absolute Gasteiger partial charge is 0.188 e. The van der Waals surface area contributed by atoms with Gasteiger partial charge in [-0.2, -0.15) is 0 Å². The summed E-state index contributed by atoms with van der Waals surface area (Å²) in [5.74, 6) is -0.196. The molecule has 0 unspecified atom stereocenters. The summed E-state index contributed by atoms with van der Waals surface area (Å²) in [7, 11) is 0. The lowest BCUT2D eigenvalue weighted by molar-refractivity contribution is 0.585. The molecule has 0 saturated carbocycles. The fraction of sp³-hybridized carbons (Fsp3) is 0. The Kier molecular flexibility index (Phi) is 4.61. The van der Waals surface area contributed by atoms with Crippen LogP contribution >= 0.6 is 11.3 Å². The van der Waals surface area contributed by atoms with Gasteiger partial charge in [-0.15, -0.1) is 11.3 Å². The van der Waals surface area contributed by atoms with Crippen molar-refractivity contribution in [2.24, 2.45) is 0 Å². The number of thiazole rings is 1. The number of hydrogen-bond acceptors (Lipinski definition) is 6. The normalized spacial score (nSPS) is 11.0. The molecule has 0 aliphatic carbocycles. The number of fused-ring (bicyclic) bond motifs is 1. The fourth-order valence-electron chi connectivity index (χ4n) is 3.13. The van der Waals surface area contributed by atoms with E-state index < -0.39 is 11.6 Å². The van der Waals surface area contributed by atoms with Gasteiger partial charge in [-0.05, 0) is 42.0 Å². The van der Waals surface area contributed by atoms with Gasteiger partial charge < -0.3 is 5.32 Å². The molecule has 0 radical (unpaired) electrons. The number of anilines is 2. The lowest BCUT2D eigenvalue weighted by atomic mass is 10.0. The van der Waals surface area contributed by atoms with Gasteiger partial charge in [0.25, 0.3) is 0 Å². The Morgan fingerprint density at radius 3 is 2.60 bits per heavy atom. The van der Waals surface area contributed by atoms with Crippen LogP contribution in [0.25, 0.3) is 33.4 Å². The maximum Gasteiger partial charge on any atom is 0.188 e. The lowest BCUT2D eigenvalue weighted by Crippen LogP contribution is -2.00. The van der Waals surface area contributed by atoms with Crippen LogP contribution in [0.3, 0.4) is 0 Å². The molecule has 0 spiro atoms. The molecule has 0 amide bonds. The van der Waals surface area contributed by atoms with Gasteiger partial charge in [0, 0.05) is 46.6 Å². The van der Waals surface area contributed by atoms with Crippen molar-refractivity contribution in [2.75, 3.05) is 5.32 Å². The number of nitrogens with one attached hydrogen (secondary N) is 1. The van der Waals surface area contributed by atoms with Crippen molar-refractivity contribution in [1.82, 2.24) is 19.9 Å². The first-order valence-corrected chi connectivity index (χ1v) is 9.89. The standard InChI is InChI=1S/C22H13F2N5S/c23-15-4-5-16(18(24)11-15)13-3-6-19-17(10-13)21(29-22-26-8-9-30-22)28-20(27-19)14-2-1-7-25-12-14/h1-12H,(H,26,27,28,29). The van der Waals surface area contributed by atoms with Crippen LogP contribution < -0.4 is 5.32 Å². The number of benzene rings is 2. The lowest BCUT2D eigenvalue weighted by Gasteiger charge is -2.11. The number of aromatic nitrogens is 4. The van der Waals surface area contributed by atoms with E-state index in [9.17, 15) is 8.78 Å². The van der Waals surface area contributed by atoms with E-state index in [2.05, 4.69) is 25.3 Å². The van der Waals surface area contributed by atoms with Gasteiger partial charge in [-0.1, -0.05) is 6.07 Å². The Morgan fingerprint density at radius 1 is 0.900 bits per heavy atom. The summed E-state index contributed by atoms with van der Waals surface area (Å²) in [6, 6.07) is 12.6. The third-order valence-corrected chi connectivity index (χ3v) is 5.20. The van der Waals surface area contributed by atoms with E-state index in [1.165, 1.54) is 23.5 Å². The summed E-state index contributed by atoms with van der Waals surface area (Å²) in [4.78, 5) is 17.7. The third kappa shape index (κ3) is 3.48. The van der Waals surface area contributed by atoms with Gasteiger partial charge >= 0.3 is 0 Å². The van der Waals surface area contributed by atoms with Gasteiger partial charge in [0.15, 0.2) is 11.0 Å². The second kappa shape index (κ2) is 7.57. The average molecular weight is 417 g/mol. The van der Waals surface area contributed by atoms with Crippen LogP contribution in [-0.4, -0.2) is 19.9 Å². The number of pyridine rings is 1. The highest BCUT2D eigenvalue weighted by atomic mass is 32.1. The van der Waals surface area contributed by atoms with Crippen molar-refractivity contribution >= 4 is 33.2 Å². The van der Waals surface area contributed by atoms with Gasteiger partial charge in [0.05, 0.1) is 5.52 Å². The van der Waals surface area contributed by atoms with Crippen LogP contribution in [0, 0.1) is 11.6 Å². The number of rotatable bonds is 4. The molecular formula is C22H13F2N5S. The quantitative estimate of drug-likeness (QED) is 0.398. The molecule has 3 heterocycles. The van der Waals surface area contributed by atoms with E-state index >= 15 is 0 Å². The molecule has 8 heteroatoms. The molecule has 146 valence electrons. The van der Waals surface area contributed by atoms with Crippen molar-refractivity contribution < 1.29 is 8.78 Å². The number of nitrogens with zero attached hydrogens (tertiary/aromatic N) is 4. The second-order valence-corrected chi connectivity index (χ2v) is 7.35. The zero-order valence-corrected chi connectivity index (χ0v) is 16.2. The van der Waals surface area contributed by atoms with Gasteiger partial charge in [0.1, 0.15) is 17.5 Å². The highest BCUT2D eigenvalue weighted by Gasteiger charge is 2.14. The third-order valence-electron chi connectivity index (χ3n) is 4.52. The first kappa shape index (κ1) is 18.3. The van der Waals surface area contributed by atoms with Gasteiger partial charge in [-0.3, -0.25) is 4.98 Å². The summed E-state index contributed by atoms with van der Waals surface area (Å²) < 4.78 is 27.6. The van der Waals surface area contributed by atoms with Crippen LogP contribution in [0.2, 0.25) is 0 Å². The topological polar surface area (TPSA) is 63.6 Å². The highest BCUT2D eigenvalue weighted by Crippen LogP contribution is 2.32. The van der Waals surface area contributed by atoms with E-state index in [4.69, 9.17) is 0 Å². The number of halogens is 2. The maximum absolute atomic E-state index is 14.3. The average Bonchev–Trinajstić information content (AvgIpc) is 3.27. The van der Waals surface area contributed by atoms with E-state index in [0.717, 1.165) is 11.6 Å². The zero-order chi connectivity index (χ0) is 20.5. The molecule has 3 aromatic heterocycles. The largest absolute Gasteiger partial charge is 0.316 e. The van der Waals surface area contributed by atoms with Crippen LogP contribution in [0.5, 0.6) is 0 Å². The Hall–Kier alpha value is -3.78. The monoisotopic (exact) mass is 417 g/mol. The second-order valence-electron chi connectivity index (χ2n) is 6.46. The minimum absolute atomic E-state index is 0.301. The van der Waals surface area contributed by atoms with Crippen LogP contribution in [0.4, 0.5) is 19.7 Å². The Labute approximate surface area is 174 Å². The predicted molar refractivity (Wildman–Crippen MR) is 114 cm³/mol. The van der Waals surface area contributed by atoms with Crippen LogP contribution in [0.1, 0.15) is 0 Å². The van der Waals surface area contributed by atoms with E-state index in [-0.39, 0.29) is 0 Å². The van der Waals surface area contributed by atoms with Crippen molar-refractivity contribution in [3.8, 4) is 22.5 Å². The van der Waals surface area contributed by atoms with E-state index in [0.29, 0.717) is 38.8 Å². The summed E-state index contributed by atoms with van der Waals surface area (Å²) in [6.07, 6.45) is 5.07. The molecule has 0 atom stereocenters. The fourth-order valence-corrected chi connectivity index (χ4v) is 3.65. The zero-order valence-electron chi connectivity index (χ0n) is 15.4. The summed E-state index contributed by atoms with van der Waals surface area (Å²) in [5, 5.41) is 6.44. The SMILES string of the molecule is Fc1ccc(-c2ccc3nc(-c4cccnc4)nc(Nc4nccs4)c3c2)c(F)c1. The molecule has 5 aromatic rings. The Balaban J connectivity index is 1.70. The van der Waals surface area contributed by atoms with E-state index in [1.54, 1.807) is 36.8 Å². The van der Waals surface area contributed by atoms with Crippen molar-refractivity contribution in [3.05, 3.63) is 84.1 Å². The van der Waals surface area contributed by atoms with Gasteiger partial charge in [0.2, 0.25) is 0 Å². The summed E-state index contributed by atoms with van der Waals surface area (Å²) in [5.41, 5.74) is 2.35. The molecule has 5 rings (SSSR count). The highest BCUT2D eigenvalue weighted by molar-refractivity contribution is 7.13. The molecule has 0 saturated heterocycles. The molecule has 1 N–H and O–H groups in total. The molecule has 2 aromatic carbocycles. The Bertz CT molecular complexity index is 1340. The summed E-state index contributed by atoms with van der Waals surface area (Å²) in [6.45, 7) is 0. The maximum atomic E-state index is 14.3. The molecule has 30 heavy (non-hydrogen) atoms. The number of hydrogen-bond donors (Lipinski definition) is 1. The van der Waals surface area contributed by atoms with Crippen molar-refractivity contribution in [2.45, 2.75) is 0 Å².